The zero-order chi connectivity index (χ0) is 21.9. The summed E-state index contributed by atoms with van der Waals surface area (Å²) in [7, 11) is 0. The van der Waals surface area contributed by atoms with Crippen LogP contribution in [0, 0.1) is 10.1 Å². The predicted molar refractivity (Wildman–Crippen MR) is 120 cm³/mol. The maximum atomic E-state index is 13.1. The van der Waals surface area contributed by atoms with E-state index in [9.17, 15) is 14.9 Å². The molecule has 0 amide bonds. The van der Waals surface area contributed by atoms with Gasteiger partial charge in [-0.15, -0.1) is 0 Å². The zero-order valence-electron chi connectivity index (χ0n) is 18.4. The quantitative estimate of drug-likeness (QED) is 0.218. The van der Waals surface area contributed by atoms with Gasteiger partial charge in [0, 0.05) is 24.1 Å². The first-order chi connectivity index (χ1) is 14.5. The van der Waals surface area contributed by atoms with Gasteiger partial charge in [-0.25, -0.2) is 0 Å². The molecule has 1 aromatic heterocycles. The highest BCUT2D eigenvalue weighted by Gasteiger charge is 2.21. The van der Waals surface area contributed by atoms with E-state index in [-0.39, 0.29) is 17.0 Å². The Kier molecular flexibility index (Phi) is 9.64. The van der Waals surface area contributed by atoms with E-state index in [2.05, 4.69) is 13.8 Å². The molecule has 0 saturated heterocycles. The van der Waals surface area contributed by atoms with E-state index in [0.29, 0.717) is 36.4 Å². The standard InChI is InChI=1S/C23H34N2O5/c1-4-7-9-10-11-12-16-30-22-21(29-15-8-5-2)19-14-13-18(25(27)28)17-20(19)24(6-3)23(22)26/h13-14,17H,4-12,15-16H2,1-3H3. The van der Waals surface area contributed by atoms with Crippen molar-refractivity contribution in [3.8, 4) is 11.5 Å². The van der Waals surface area contributed by atoms with Crippen LogP contribution in [-0.2, 0) is 6.54 Å². The zero-order valence-corrected chi connectivity index (χ0v) is 18.4. The average molecular weight is 419 g/mol. The fraction of sp³-hybridized carbons (Fsp3) is 0.609. The number of aromatic nitrogens is 1. The first kappa shape index (κ1) is 23.7. The Bertz CT molecular complexity index is 891. The predicted octanol–water partition coefficient (Wildman–Crippen LogP) is 5.85. The van der Waals surface area contributed by atoms with Gasteiger partial charge in [0.2, 0.25) is 5.75 Å². The number of nitro groups is 1. The van der Waals surface area contributed by atoms with E-state index in [1.165, 1.54) is 36.0 Å². The molecular formula is C23H34N2O5. The van der Waals surface area contributed by atoms with Gasteiger partial charge in [-0.2, -0.15) is 0 Å². The minimum Gasteiger partial charge on any atom is -0.489 e. The van der Waals surface area contributed by atoms with E-state index in [1.807, 2.05) is 6.92 Å². The Morgan fingerprint density at radius 2 is 1.53 bits per heavy atom. The highest BCUT2D eigenvalue weighted by molar-refractivity contribution is 5.89. The lowest BCUT2D eigenvalue weighted by Crippen LogP contribution is -2.23. The minimum absolute atomic E-state index is 0.0515. The SMILES string of the molecule is CCCCCCCCOc1c(OCCCC)c2ccc([N+](=O)[O-])cc2n(CC)c1=O. The number of rotatable bonds is 14. The van der Waals surface area contributed by atoms with Crippen molar-refractivity contribution in [3.05, 3.63) is 38.7 Å². The summed E-state index contributed by atoms with van der Waals surface area (Å²) < 4.78 is 13.4. The van der Waals surface area contributed by atoms with Crippen LogP contribution in [0.4, 0.5) is 5.69 Å². The fourth-order valence-corrected chi connectivity index (χ4v) is 3.46. The van der Waals surface area contributed by atoms with Gasteiger partial charge in [-0.1, -0.05) is 52.4 Å². The Labute approximate surface area is 178 Å². The first-order valence-corrected chi connectivity index (χ1v) is 11.2. The van der Waals surface area contributed by atoms with Crippen LogP contribution in [0.2, 0.25) is 0 Å². The third-order valence-corrected chi connectivity index (χ3v) is 5.18. The lowest BCUT2D eigenvalue weighted by molar-refractivity contribution is -0.384. The molecule has 166 valence electrons. The average Bonchev–Trinajstić information content (AvgIpc) is 2.74. The molecule has 0 saturated carbocycles. The summed E-state index contributed by atoms with van der Waals surface area (Å²) in [6.45, 7) is 7.40. The molecule has 0 N–H and O–H groups in total. The topological polar surface area (TPSA) is 83.6 Å². The molecule has 0 fully saturated rings. The molecule has 30 heavy (non-hydrogen) atoms. The van der Waals surface area contributed by atoms with Crippen LogP contribution >= 0.6 is 0 Å². The largest absolute Gasteiger partial charge is 0.489 e. The van der Waals surface area contributed by atoms with Crippen LogP contribution in [0.3, 0.4) is 0 Å². The maximum absolute atomic E-state index is 13.1. The van der Waals surface area contributed by atoms with Crippen molar-refractivity contribution in [1.29, 1.82) is 0 Å². The molecule has 7 nitrogen and oxygen atoms in total. The van der Waals surface area contributed by atoms with E-state index in [4.69, 9.17) is 9.47 Å². The number of ether oxygens (including phenoxy) is 2. The second-order valence-electron chi connectivity index (χ2n) is 7.48. The van der Waals surface area contributed by atoms with Crippen molar-refractivity contribution >= 4 is 16.6 Å². The Morgan fingerprint density at radius 3 is 2.20 bits per heavy atom. The minimum atomic E-state index is -0.454. The van der Waals surface area contributed by atoms with Crippen molar-refractivity contribution in [1.82, 2.24) is 4.57 Å². The monoisotopic (exact) mass is 418 g/mol. The van der Waals surface area contributed by atoms with Crippen LogP contribution in [0.15, 0.2) is 23.0 Å². The van der Waals surface area contributed by atoms with Gasteiger partial charge < -0.3 is 14.0 Å². The maximum Gasteiger partial charge on any atom is 0.297 e. The number of benzene rings is 1. The second-order valence-corrected chi connectivity index (χ2v) is 7.48. The number of fused-ring (bicyclic) bond motifs is 1. The molecule has 0 bridgehead atoms. The van der Waals surface area contributed by atoms with Gasteiger partial charge in [0.1, 0.15) is 0 Å². The van der Waals surface area contributed by atoms with Crippen LogP contribution < -0.4 is 15.0 Å². The molecule has 2 rings (SSSR count). The summed E-state index contributed by atoms with van der Waals surface area (Å²) in [5.41, 5.74) is 0.141. The van der Waals surface area contributed by atoms with Crippen molar-refractivity contribution in [2.75, 3.05) is 13.2 Å². The molecule has 0 spiro atoms. The molecule has 7 heteroatoms. The van der Waals surface area contributed by atoms with Crippen LogP contribution in [0.25, 0.3) is 10.9 Å². The number of hydrogen-bond acceptors (Lipinski definition) is 5. The third kappa shape index (κ3) is 5.97. The molecule has 0 atom stereocenters. The van der Waals surface area contributed by atoms with E-state index >= 15 is 0 Å². The number of unbranched alkanes of at least 4 members (excludes halogenated alkanes) is 6. The number of pyridine rings is 1. The van der Waals surface area contributed by atoms with Gasteiger partial charge in [-0.05, 0) is 25.8 Å². The normalized spacial score (nSPS) is 11.0. The van der Waals surface area contributed by atoms with Gasteiger partial charge in [0.15, 0.2) is 5.75 Å². The molecule has 2 aromatic rings. The van der Waals surface area contributed by atoms with Crippen molar-refractivity contribution in [3.63, 3.8) is 0 Å². The number of hydrogen-bond donors (Lipinski definition) is 0. The van der Waals surface area contributed by atoms with Crippen LogP contribution in [0.1, 0.15) is 72.1 Å². The Hall–Kier alpha value is -2.57. The molecule has 0 unspecified atom stereocenters. The van der Waals surface area contributed by atoms with Crippen molar-refractivity contribution in [2.24, 2.45) is 0 Å². The fourth-order valence-electron chi connectivity index (χ4n) is 3.46. The lowest BCUT2D eigenvalue weighted by atomic mass is 10.1. The molecule has 1 aromatic carbocycles. The molecular weight excluding hydrogens is 384 g/mol. The summed E-state index contributed by atoms with van der Waals surface area (Å²) in [6.07, 6.45) is 8.59. The van der Waals surface area contributed by atoms with Gasteiger partial charge in [-0.3, -0.25) is 14.9 Å². The first-order valence-electron chi connectivity index (χ1n) is 11.2. The van der Waals surface area contributed by atoms with Crippen LogP contribution in [0.5, 0.6) is 11.5 Å². The summed E-state index contributed by atoms with van der Waals surface area (Å²) in [5, 5.41) is 11.9. The highest BCUT2D eigenvalue weighted by Crippen LogP contribution is 2.35. The van der Waals surface area contributed by atoms with Crippen LogP contribution in [-0.4, -0.2) is 22.7 Å². The highest BCUT2D eigenvalue weighted by atomic mass is 16.6. The second kappa shape index (κ2) is 12.2. The Morgan fingerprint density at radius 1 is 0.900 bits per heavy atom. The van der Waals surface area contributed by atoms with E-state index < -0.39 is 4.92 Å². The smallest absolute Gasteiger partial charge is 0.297 e. The number of aryl methyl sites for hydroxylation is 1. The summed E-state index contributed by atoms with van der Waals surface area (Å²) in [5.74, 6) is 0.608. The van der Waals surface area contributed by atoms with Gasteiger partial charge in [0.25, 0.3) is 11.2 Å². The van der Waals surface area contributed by atoms with Gasteiger partial charge in [0.05, 0.1) is 23.7 Å². The molecule has 0 aliphatic heterocycles. The molecule has 1 heterocycles. The van der Waals surface area contributed by atoms with E-state index in [1.54, 1.807) is 6.07 Å². The third-order valence-electron chi connectivity index (χ3n) is 5.18. The lowest BCUT2D eigenvalue weighted by Gasteiger charge is -2.18. The number of non-ortho nitro benzene ring substituents is 1. The van der Waals surface area contributed by atoms with Crippen molar-refractivity contribution in [2.45, 2.75) is 78.7 Å². The van der Waals surface area contributed by atoms with E-state index in [0.717, 1.165) is 32.1 Å². The molecule has 0 radical (unpaired) electrons. The van der Waals surface area contributed by atoms with Gasteiger partial charge >= 0.3 is 0 Å². The summed E-state index contributed by atoms with van der Waals surface area (Å²) in [4.78, 5) is 23.9. The van der Waals surface area contributed by atoms with Crippen molar-refractivity contribution < 1.29 is 14.4 Å². The molecule has 0 aliphatic carbocycles. The number of nitro benzene ring substituents is 1. The Balaban J connectivity index is 2.36. The summed E-state index contributed by atoms with van der Waals surface area (Å²) >= 11 is 0. The summed E-state index contributed by atoms with van der Waals surface area (Å²) in [6, 6.07) is 4.53. The number of nitrogens with zero attached hydrogens (tertiary/aromatic N) is 2. The molecule has 0 aliphatic rings.